The third-order valence-corrected chi connectivity index (χ3v) is 3.13. The average molecular weight is 294 g/mol. The van der Waals surface area contributed by atoms with Crippen molar-refractivity contribution in [2.24, 2.45) is 10.2 Å². The van der Waals surface area contributed by atoms with E-state index in [1.54, 1.807) is 7.11 Å². The second-order valence-corrected chi connectivity index (χ2v) is 4.57. The number of rotatable bonds is 4. The van der Waals surface area contributed by atoms with Crippen LogP contribution in [0.25, 0.3) is 11.3 Å². The Morgan fingerprint density at radius 3 is 2.55 bits per heavy atom. The van der Waals surface area contributed by atoms with Crippen LogP contribution in [0.15, 0.2) is 69.6 Å². The van der Waals surface area contributed by atoms with Crippen LogP contribution in [0, 0.1) is 0 Å². The molecule has 0 radical (unpaired) electrons. The Kier molecular flexibility index (Phi) is 3.82. The van der Waals surface area contributed by atoms with Gasteiger partial charge < -0.3 is 4.74 Å². The van der Waals surface area contributed by atoms with Crippen molar-refractivity contribution in [2.75, 3.05) is 7.11 Å². The number of aromatic amines is 2. The lowest BCUT2D eigenvalue weighted by Gasteiger charge is -2.02. The number of nitrogens with one attached hydrogen (secondary N) is 2. The van der Waals surface area contributed by atoms with E-state index < -0.39 is 0 Å². The molecule has 0 amide bonds. The first-order valence-electron chi connectivity index (χ1n) is 6.70. The highest BCUT2D eigenvalue weighted by Crippen LogP contribution is 2.28. The Labute approximate surface area is 126 Å². The summed E-state index contributed by atoms with van der Waals surface area (Å²) in [5.41, 5.74) is 1.96. The topological polar surface area (TPSA) is 82.6 Å². The lowest BCUT2D eigenvalue weighted by Crippen LogP contribution is -1.96. The first-order chi connectivity index (χ1) is 10.8. The van der Waals surface area contributed by atoms with Gasteiger partial charge in [-0.3, -0.25) is 15.0 Å². The van der Waals surface area contributed by atoms with Gasteiger partial charge in [0.05, 0.1) is 18.5 Å². The second kappa shape index (κ2) is 6.09. The molecule has 0 saturated carbocycles. The van der Waals surface area contributed by atoms with Crippen molar-refractivity contribution in [3.8, 4) is 17.0 Å². The molecule has 0 unspecified atom stereocenters. The van der Waals surface area contributed by atoms with Crippen molar-refractivity contribution < 1.29 is 4.74 Å². The number of hydrogen-bond donors (Lipinski definition) is 2. The molecule has 6 heteroatoms. The maximum atomic E-state index is 11.9. The van der Waals surface area contributed by atoms with Crippen LogP contribution in [0.1, 0.15) is 0 Å². The summed E-state index contributed by atoms with van der Waals surface area (Å²) in [6.45, 7) is 0. The molecule has 2 N–H and O–H groups in total. The van der Waals surface area contributed by atoms with Crippen molar-refractivity contribution in [3.63, 3.8) is 0 Å². The third kappa shape index (κ3) is 2.80. The number of nitrogens with zero attached hydrogens (tertiary/aromatic N) is 2. The van der Waals surface area contributed by atoms with Crippen molar-refractivity contribution in [2.45, 2.75) is 0 Å². The number of ether oxygens (including phenoxy) is 1. The van der Waals surface area contributed by atoms with Gasteiger partial charge in [-0.2, -0.15) is 5.11 Å². The zero-order chi connectivity index (χ0) is 15.4. The monoisotopic (exact) mass is 294 g/mol. The van der Waals surface area contributed by atoms with Crippen LogP contribution in [-0.4, -0.2) is 17.3 Å². The summed E-state index contributed by atoms with van der Waals surface area (Å²) in [6, 6.07) is 16.6. The molecule has 0 saturated heterocycles. The number of azo groups is 1. The molecule has 0 aliphatic carbocycles. The Bertz CT molecular complexity index is 850. The molecule has 110 valence electrons. The molecule has 3 aromatic rings. The van der Waals surface area contributed by atoms with E-state index in [4.69, 9.17) is 4.74 Å². The zero-order valence-corrected chi connectivity index (χ0v) is 11.9. The van der Waals surface area contributed by atoms with Gasteiger partial charge >= 0.3 is 0 Å². The molecule has 2 aromatic carbocycles. The lowest BCUT2D eigenvalue weighted by atomic mass is 10.1. The fourth-order valence-electron chi connectivity index (χ4n) is 2.04. The quantitative estimate of drug-likeness (QED) is 0.717. The highest BCUT2D eigenvalue weighted by atomic mass is 16.5. The minimum Gasteiger partial charge on any atom is -0.497 e. The predicted molar refractivity (Wildman–Crippen MR) is 84.0 cm³/mol. The van der Waals surface area contributed by atoms with Gasteiger partial charge in [0.25, 0.3) is 5.56 Å². The molecule has 0 aliphatic rings. The molecule has 0 fully saturated rings. The summed E-state index contributed by atoms with van der Waals surface area (Å²) in [5, 5.41) is 13.5. The zero-order valence-electron chi connectivity index (χ0n) is 11.9. The molecule has 22 heavy (non-hydrogen) atoms. The summed E-state index contributed by atoms with van der Waals surface area (Å²) in [7, 11) is 1.59. The van der Waals surface area contributed by atoms with Crippen molar-refractivity contribution in [1.82, 2.24) is 10.2 Å². The first-order valence-corrected chi connectivity index (χ1v) is 6.70. The predicted octanol–water partition coefficient (Wildman–Crippen LogP) is 3.79. The Hall–Kier alpha value is -3.15. The number of benzene rings is 2. The van der Waals surface area contributed by atoms with Gasteiger partial charge in [0, 0.05) is 5.56 Å². The highest BCUT2D eigenvalue weighted by Gasteiger charge is 2.12. The summed E-state index contributed by atoms with van der Waals surface area (Å²) in [6.07, 6.45) is 0. The average Bonchev–Trinajstić information content (AvgIpc) is 2.95. The van der Waals surface area contributed by atoms with Crippen LogP contribution in [0.4, 0.5) is 11.4 Å². The van der Waals surface area contributed by atoms with Gasteiger partial charge in [0.1, 0.15) is 5.75 Å². The molecule has 0 aliphatic heterocycles. The van der Waals surface area contributed by atoms with Crippen molar-refractivity contribution in [1.29, 1.82) is 0 Å². The first kappa shape index (κ1) is 13.8. The molecule has 0 spiro atoms. The van der Waals surface area contributed by atoms with E-state index in [0.29, 0.717) is 17.1 Å². The molecule has 0 bridgehead atoms. The Morgan fingerprint density at radius 2 is 1.77 bits per heavy atom. The van der Waals surface area contributed by atoms with Crippen LogP contribution in [-0.2, 0) is 0 Å². The fourth-order valence-corrected chi connectivity index (χ4v) is 2.04. The minimum atomic E-state index is -0.322. The highest BCUT2D eigenvalue weighted by molar-refractivity contribution is 5.72. The molecular weight excluding hydrogens is 280 g/mol. The summed E-state index contributed by atoms with van der Waals surface area (Å²) in [4.78, 5) is 11.9. The van der Waals surface area contributed by atoms with Crippen LogP contribution < -0.4 is 10.3 Å². The van der Waals surface area contributed by atoms with E-state index >= 15 is 0 Å². The molecule has 1 heterocycles. The SMILES string of the molecule is COc1cccc(-c2[nH][nH]c(=O)c2N=Nc2ccccc2)c1. The maximum Gasteiger partial charge on any atom is 0.292 e. The Balaban J connectivity index is 2.01. The number of aromatic nitrogens is 2. The standard InChI is InChI=1S/C16H14N4O2/c1-22-13-9-5-6-11(10-13)14-15(16(21)20-18-14)19-17-12-7-3-2-4-8-12/h2-10H,1H3,(H2,18,20,21). The van der Waals surface area contributed by atoms with E-state index in [-0.39, 0.29) is 11.2 Å². The van der Waals surface area contributed by atoms with Crippen LogP contribution >= 0.6 is 0 Å². The van der Waals surface area contributed by atoms with Gasteiger partial charge in [-0.15, -0.1) is 5.11 Å². The van der Waals surface area contributed by atoms with Gasteiger partial charge in [-0.05, 0) is 24.3 Å². The van der Waals surface area contributed by atoms with E-state index in [0.717, 1.165) is 5.56 Å². The Morgan fingerprint density at radius 1 is 0.955 bits per heavy atom. The smallest absolute Gasteiger partial charge is 0.292 e. The van der Waals surface area contributed by atoms with Gasteiger partial charge in [0.2, 0.25) is 0 Å². The minimum absolute atomic E-state index is 0.233. The van der Waals surface area contributed by atoms with E-state index in [9.17, 15) is 4.79 Å². The fraction of sp³-hybridized carbons (Fsp3) is 0.0625. The van der Waals surface area contributed by atoms with Crippen LogP contribution in [0.3, 0.4) is 0 Å². The number of hydrogen-bond acceptors (Lipinski definition) is 4. The lowest BCUT2D eigenvalue weighted by molar-refractivity contribution is 0.415. The van der Waals surface area contributed by atoms with Gasteiger partial charge in [-0.1, -0.05) is 30.3 Å². The molecule has 0 atom stereocenters. The van der Waals surface area contributed by atoms with E-state index in [2.05, 4.69) is 20.4 Å². The number of H-pyrrole nitrogens is 2. The summed E-state index contributed by atoms with van der Waals surface area (Å²) in [5.74, 6) is 0.700. The van der Waals surface area contributed by atoms with Crippen molar-refractivity contribution >= 4 is 11.4 Å². The van der Waals surface area contributed by atoms with Gasteiger partial charge in [-0.25, -0.2) is 0 Å². The molecule has 1 aromatic heterocycles. The second-order valence-electron chi connectivity index (χ2n) is 4.57. The number of methoxy groups -OCH3 is 1. The van der Waals surface area contributed by atoms with Gasteiger partial charge in [0.15, 0.2) is 5.69 Å². The van der Waals surface area contributed by atoms with E-state index in [1.165, 1.54) is 0 Å². The third-order valence-electron chi connectivity index (χ3n) is 3.13. The summed E-state index contributed by atoms with van der Waals surface area (Å²) < 4.78 is 5.20. The van der Waals surface area contributed by atoms with Crippen LogP contribution in [0.2, 0.25) is 0 Å². The maximum absolute atomic E-state index is 11.9. The molecule has 3 rings (SSSR count). The summed E-state index contributed by atoms with van der Waals surface area (Å²) >= 11 is 0. The normalized spacial score (nSPS) is 11.0. The van der Waals surface area contributed by atoms with Crippen molar-refractivity contribution in [3.05, 3.63) is 65.0 Å². The molecular formula is C16H14N4O2. The van der Waals surface area contributed by atoms with E-state index in [1.807, 2.05) is 54.6 Å². The molecule has 6 nitrogen and oxygen atoms in total. The van der Waals surface area contributed by atoms with Crippen LogP contribution in [0.5, 0.6) is 5.75 Å². The largest absolute Gasteiger partial charge is 0.497 e.